The summed E-state index contributed by atoms with van der Waals surface area (Å²) in [6, 6.07) is 13.0. The van der Waals surface area contributed by atoms with Crippen molar-refractivity contribution in [1.29, 1.82) is 0 Å². The van der Waals surface area contributed by atoms with Gasteiger partial charge in [-0.15, -0.1) is 0 Å². The molecule has 1 N–H and O–H groups in total. The molecule has 1 amide bonds. The maximum atomic E-state index is 12.4. The van der Waals surface area contributed by atoms with Crippen LogP contribution in [-0.2, 0) is 24.1 Å². The van der Waals surface area contributed by atoms with E-state index in [0.29, 0.717) is 6.42 Å². The van der Waals surface area contributed by atoms with Gasteiger partial charge in [-0.2, -0.15) is 0 Å². The number of hydrogen-bond acceptors (Lipinski definition) is 1. The van der Waals surface area contributed by atoms with Crippen molar-refractivity contribution in [1.82, 2.24) is 5.32 Å². The second-order valence-electron chi connectivity index (χ2n) is 7.13. The SMILES string of the molecule is Cc1ccc(C)c(CC(=O)NC(C)c2ccc3c(c2)CCCC3)c1. The topological polar surface area (TPSA) is 29.1 Å². The number of amides is 1. The van der Waals surface area contributed by atoms with Gasteiger partial charge in [0.2, 0.25) is 5.91 Å². The van der Waals surface area contributed by atoms with Crippen molar-refractivity contribution < 1.29 is 4.79 Å². The summed E-state index contributed by atoms with van der Waals surface area (Å²) in [7, 11) is 0. The second-order valence-corrected chi connectivity index (χ2v) is 7.13. The Morgan fingerprint density at radius 3 is 2.58 bits per heavy atom. The molecule has 0 bridgehead atoms. The van der Waals surface area contributed by atoms with Gasteiger partial charge >= 0.3 is 0 Å². The number of fused-ring (bicyclic) bond motifs is 1. The molecule has 0 radical (unpaired) electrons. The molecule has 2 nitrogen and oxygen atoms in total. The van der Waals surface area contributed by atoms with Crippen LogP contribution in [0.3, 0.4) is 0 Å². The van der Waals surface area contributed by atoms with Crippen LogP contribution in [-0.4, -0.2) is 5.91 Å². The summed E-state index contributed by atoms with van der Waals surface area (Å²) >= 11 is 0. The highest BCUT2D eigenvalue weighted by molar-refractivity contribution is 5.79. The van der Waals surface area contributed by atoms with Crippen molar-refractivity contribution in [2.24, 2.45) is 0 Å². The molecule has 0 aliphatic heterocycles. The number of carbonyl (C=O) groups is 1. The minimum atomic E-state index is 0.0508. The van der Waals surface area contributed by atoms with Gasteiger partial charge in [-0.3, -0.25) is 4.79 Å². The predicted molar refractivity (Wildman–Crippen MR) is 99.3 cm³/mol. The molecule has 1 atom stereocenters. The van der Waals surface area contributed by atoms with E-state index >= 15 is 0 Å². The molecule has 0 aromatic heterocycles. The van der Waals surface area contributed by atoms with Crippen LogP contribution in [0.4, 0.5) is 0 Å². The first-order chi connectivity index (χ1) is 11.5. The quantitative estimate of drug-likeness (QED) is 0.876. The van der Waals surface area contributed by atoms with Gasteiger partial charge in [-0.1, -0.05) is 42.0 Å². The smallest absolute Gasteiger partial charge is 0.224 e. The molecule has 0 fully saturated rings. The zero-order valence-electron chi connectivity index (χ0n) is 15.0. The van der Waals surface area contributed by atoms with E-state index in [-0.39, 0.29) is 11.9 Å². The maximum absolute atomic E-state index is 12.4. The molecule has 0 saturated heterocycles. The lowest BCUT2D eigenvalue weighted by atomic mass is 9.89. The van der Waals surface area contributed by atoms with Gasteiger partial charge in [0.1, 0.15) is 0 Å². The molecule has 1 unspecified atom stereocenters. The Bertz CT molecular complexity index is 748. The molecule has 2 heteroatoms. The highest BCUT2D eigenvalue weighted by Gasteiger charge is 2.14. The maximum Gasteiger partial charge on any atom is 0.224 e. The molecule has 2 aromatic rings. The van der Waals surface area contributed by atoms with E-state index in [1.807, 2.05) is 0 Å². The molecule has 2 aromatic carbocycles. The molecular formula is C22H27NO. The van der Waals surface area contributed by atoms with Crippen LogP contribution in [0.2, 0.25) is 0 Å². The number of rotatable bonds is 4. The predicted octanol–water partition coefficient (Wildman–Crippen LogP) is 4.60. The summed E-state index contributed by atoms with van der Waals surface area (Å²) in [6.45, 7) is 6.21. The fourth-order valence-corrected chi connectivity index (χ4v) is 3.56. The lowest BCUT2D eigenvalue weighted by Gasteiger charge is -2.20. The largest absolute Gasteiger partial charge is 0.349 e. The standard InChI is InChI=1S/C22H27NO/c1-15-8-9-16(2)21(12-15)14-22(24)23-17(3)19-11-10-18-6-4-5-7-20(18)13-19/h8-13,17H,4-7,14H2,1-3H3,(H,23,24). The summed E-state index contributed by atoms with van der Waals surface area (Å²) in [6.07, 6.45) is 5.40. The first-order valence-corrected chi connectivity index (χ1v) is 9.00. The van der Waals surface area contributed by atoms with Gasteiger partial charge in [-0.05, 0) is 74.3 Å². The van der Waals surface area contributed by atoms with Crippen molar-refractivity contribution >= 4 is 5.91 Å². The fraction of sp³-hybridized carbons (Fsp3) is 0.409. The first kappa shape index (κ1) is 16.8. The molecular weight excluding hydrogens is 294 g/mol. The molecule has 1 aliphatic rings. The van der Waals surface area contributed by atoms with Crippen molar-refractivity contribution in [2.45, 2.75) is 58.9 Å². The third kappa shape index (κ3) is 3.87. The van der Waals surface area contributed by atoms with Crippen LogP contribution >= 0.6 is 0 Å². The van der Waals surface area contributed by atoms with Crippen molar-refractivity contribution in [3.05, 3.63) is 69.8 Å². The third-order valence-corrected chi connectivity index (χ3v) is 5.11. The Balaban J connectivity index is 1.66. The second kappa shape index (κ2) is 7.21. The number of carbonyl (C=O) groups excluding carboxylic acids is 1. The van der Waals surface area contributed by atoms with Crippen LogP contribution in [0.5, 0.6) is 0 Å². The van der Waals surface area contributed by atoms with E-state index in [2.05, 4.69) is 62.5 Å². The van der Waals surface area contributed by atoms with E-state index in [1.54, 1.807) is 0 Å². The highest BCUT2D eigenvalue weighted by atomic mass is 16.1. The molecule has 0 spiro atoms. The number of aryl methyl sites for hydroxylation is 4. The normalized spacial score (nSPS) is 14.8. The van der Waals surface area contributed by atoms with Crippen molar-refractivity contribution in [2.75, 3.05) is 0 Å². The van der Waals surface area contributed by atoms with Gasteiger partial charge < -0.3 is 5.32 Å². The highest BCUT2D eigenvalue weighted by Crippen LogP contribution is 2.25. The van der Waals surface area contributed by atoms with Crippen LogP contribution < -0.4 is 5.32 Å². The van der Waals surface area contributed by atoms with Crippen LogP contribution in [0.15, 0.2) is 36.4 Å². The molecule has 1 aliphatic carbocycles. The van der Waals surface area contributed by atoms with E-state index in [0.717, 1.165) is 5.56 Å². The van der Waals surface area contributed by atoms with Crippen LogP contribution in [0.25, 0.3) is 0 Å². The third-order valence-electron chi connectivity index (χ3n) is 5.11. The number of nitrogens with one attached hydrogen (secondary N) is 1. The van der Waals surface area contributed by atoms with Gasteiger partial charge in [0.15, 0.2) is 0 Å². The Hall–Kier alpha value is -2.09. The number of benzene rings is 2. The van der Waals surface area contributed by atoms with Crippen molar-refractivity contribution in [3.8, 4) is 0 Å². The summed E-state index contributed by atoms with van der Waals surface area (Å²) in [5, 5.41) is 3.16. The van der Waals surface area contributed by atoms with Gasteiger partial charge in [0, 0.05) is 0 Å². The zero-order chi connectivity index (χ0) is 17.1. The Morgan fingerprint density at radius 2 is 1.79 bits per heavy atom. The lowest BCUT2D eigenvalue weighted by molar-refractivity contribution is -0.121. The van der Waals surface area contributed by atoms with E-state index < -0.39 is 0 Å². The average Bonchev–Trinajstić information content (AvgIpc) is 2.57. The Labute approximate surface area is 145 Å². The summed E-state index contributed by atoms with van der Waals surface area (Å²) in [5.41, 5.74) is 7.66. The van der Waals surface area contributed by atoms with Crippen LogP contribution in [0, 0.1) is 13.8 Å². The summed E-state index contributed by atoms with van der Waals surface area (Å²) < 4.78 is 0. The van der Waals surface area contributed by atoms with Gasteiger partial charge in [-0.25, -0.2) is 0 Å². The number of hydrogen-bond donors (Lipinski definition) is 1. The monoisotopic (exact) mass is 321 g/mol. The lowest BCUT2D eigenvalue weighted by Crippen LogP contribution is -2.28. The Kier molecular flexibility index (Phi) is 5.03. The van der Waals surface area contributed by atoms with Crippen molar-refractivity contribution in [3.63, 3.8) is 0 Å². The fourth-order valence-electron chi connectivity index (χ4n) is 3.56. The van der Waals surface area contributed by atoms with E-state index in [9.17, 15) is 4.79 Å². The summed E-state index contributed by atoms with van der Waals surface area (Å²) in [4.78, 5) is 12.4. The zero-order valence-corrected chi connectivity index (χ0v) is 15.0. The van der Waals surface area contributed by atoms with E-state index in [1.165, 1.54) is 53.5 Å². The first-order valence-electron chi connectivity index (χ1n) is 9.00. The molecule has 0 saturated carbocycles. The molecule has 0 heterocycles. The molecule has 3 rings (SSSR count). The van der Waals surface area contributed by atoms with Gasteiger partial charge in [0.05, 0.1) is 12.5 Å². The average molecular weight is 321 g/mol. The minimum Gasteiger partial charge on any atom is -0.349 e. The summed E-state index contributed by atoms with van der Waals surface area (Å²) in [5.74, 6) is 0.0916. The molecule has 24 heavy (non-hydrogen) atoms. The van der Waals surface area contributed by atoms with Gasteiger partial charge in [0.25, 0.3) is 0 Å². The molecule has 126 valence electrons. The Morgan fingerprint density at radius 1 is 1.04 bits per heavy atom. The van der Waals surface area contributed by atoms with Crippen LogP contribution in [0.1, 0.15) is 59.2 Å². The van der Waals surface area contributed by atoms with E-state index in [4.69, 9.17) is 0 Å². The minimum absolute atomic E-state index is 0.0508.